The van der Waals surface area contributed by atoms with Crippen molar-refractivity contribution in [2.75, 3.05) is 0 Å². The Balaban J connectivity index is 1.74. The third kappa shape index (κ3) is 5.17. The fraction of sp³-hybridized carbons (Fsp3) is 0. The Labute approximate surface area is 161 Å². The van der Waals surface area contributed by atoms with Crippen LogP contribution < -0.4 is 0 Å². The van der Waals surface area contributed by atoms with Crippen LogP contribution in [-0.4, -0.2) is 12.4 Å². The molecule has 2 nitrogen and oxygen atoms in total. The van der Waals surface area contributed by atoms with Crippen molar-refractivity contribution in [1.82, 2.24) is 0 Å². The van der Waals surface area contributed by atoms with Gasteiger partial charge in [0.1, 0.15) is 0 Å². The molecule has 124 valence electrons. The molecular weight excluding hydrogens is 375 g/mol. The Kier molecular flexibility index (Phi) is 5.87. The van der Waals surface area contributed by atoms with Crippen molar-refractivity contribution in [2.24, 2.45) is 9.98 Å². The number of hydrogen-bond acceptors (Lipinski definition) is 2. The second kappa shape index (κ2) is 8.30. The summed E-state index contributed by atoms with van der Waals surface area (Å²) in [5.74, 6) is 0. The maximum Gasteiger partial charge on any atom is 0.0817 e. The van der Waals surface area contributed by atoms with Crippen LogP contribution in [0.2, 0.25) is 15.1 Å². The summed E-state index contributed by atoms with van der Waals surface area (Å²) >= 11 is 18.0. The van der Waals surface area contributed by atoms with E-state index in [1.807, 2.05) is 60.7 Å². The Morgan fingerprint density at radius 2 is 1.12 bits per heavy atom. The summed E-state index contributed by atoms with van der Waals surface area (Å²) in [4.78, 5) is 8.83. The maximum absolute atomic E-state index is 6.30. The molecular formula is C20H13Cl3N2. The lowest BCUT2D eigenvalue weighted by Gasteiger charge is -2.00. The fourth-order valence-corrected chi connectivity index (χ4v) is 2.55. The normalized spacial score (nSPS) is 11.5. The van der Waals surface area contributed by atoms with E-state index in [-0.39, 0.29) is 0 Å². The maximum atomic E-state index is 6.30. The van der Waals surface area contributed by atoms with E-state index in [2.05, 4.69) is 9.98 Å². The van der Waals surface area contributed by atoms with Crippen molar-refractivity contribution < 1.29 is 0 Å². The zero-order valence-corrected chi connectivity index (χ0v) is 15.3. The molecule has 0 atom stereocenters. The molecule has 0 amide bonds. The van der Waals surface area contributed by atoms with Gasteiger partial charge in [-0.25, -0.2) is 0 Å². The lowest BCUT2D eigenvalue weighted by atomic mass is 10.2. The molecule has 3 rings (SSSR count). The zero-order chi connectivity index (χ0) is 17.6. The Hall–Kier alpha value is -2.13. The molecule has 0 spiro atoms. The predicted octanol–water partition coefficient (Wildman–Crippen LogP) is 7.15. The minimum Gasteiger partial charge on any atom is -0.256 e. The van der Waals surface area contributed by atoms with Crippen LogP contribution in [0, 0.1) is 0 Å². The van der Waals surface area contributed by atoms with Gasteiger partial charge in [-0.15, -0.1) is 0 Å². The number of halogens is 3. The highest BCUT2D eigenvalue weighted by Gasteiger charge is 2.00. The third-order valence-corrected chi connectivity index (χ3v) is 4.19. The second-order valence-electron chi connectivity index (χ2n) is 5.26. The smallest absolute Gasteiger partial charge is 0.0817 e. The third-order valence-electron chi connectivity index (χ3n) is 3.39. The molecule has 0 bridgehead atoms. The van der Waals surface area contributed by atoms with E-state index < -0.39 is 0 Å². The molecule has 0 aliphatic carbocycles. The molecule has 0 N–H and O–H groups in total. The van der Waals surface area contributed by atoms with Crippen molar-refractivity contribution in [3.8, 4) is 0 Å². The highest BCUT2D eigenvalue weighted by molar-refractivity contribution is 6.33. The van der Waals surface area contributed by atoms with E-state index in [0.29, 0.717) is 20.8 Å². The van der Waals surface area contributed by atoms with Gasteiger partial charge in [-0.3, -0.25) is 9.98 Å². The first kappa shape index (κ1) is 17.7. The highest BCUT2D eigenvalue weighted by atomic mass is 35.5. The number of nitrogens with zero attached hydrogens (tertiary/aromatic N) is 2. The number of benzene rings is 3. The standard InChI is InChI=1S/C20H13Cl3N2/c21-16-5-1-14(2-6-16)12-24-18-9-10-20(19(23)11-18)25-13-15-3-7-17(22)8-4-15/h1-13H. The molecule has 25 heavy (non-hydrogen) atoms. The molecule has 0 radical (unpaired) electrons. The van der Waals surface area contributed by atoms with Crippen molar-refractivity contribution in [3.63, 3.8) is 0 Å². The van der Waals surface area contributed by atoms with Crippen LogP contribution in [0.15, 0.2) is 76.7 Å². The predicted molar refractivity (Wildman–Crippen MR) is 109 cm³/mol. The summed E-state index contributed by atoms with van der Waals surface area (Å²) in [6.07, 6.45) is 3.51. The van der Waals surface area contributed by atoms with Crippen molar-refractivity contribution in [1.29, 1.82) is 0 Å². The first-order valence-electron chi connectivity index (χ1n) is 7.49. The fourth-order valence-electron chi connectivity index (χ4n) is 2.07. The van der Waals surface area contributed by atoms with Crippen LogP contribution in [0.1, 0.15) is 11.1 Å². The van der Waals surface area contributed by atoms with E-state index in [1.165, 1.54) is 0 Å². The largest absolute Gasteiger partial charge is 0.256 e. The molecule has 5 heteroatoms. The molecule has 3 aromatic rings. The van der Waals surface area contributed by atoms with Gasteiger partial charge in [0.2, 0.25) is 0 Å². The SMILES string of the molecule is Clc1ccc(C=Nc2ccc(N=Cc3ccc(Cl)cc3)c(Cl)c2)cc1. The summed E-state index contributed by atoms with van der Waals surface area (Å²) < 4.78 is 0. The van der Waals surface area contributed by atoms with Gasteiger partial charge in [0, 0.05) is 22.5 Å². The van der Waals surface area contributed by atoms with E-state index >= 15 is 0 Å². The molecule has 0 saturated carbocycles. The monoisotopic (exact) mass is 386 g/mol. The van der Waals surface area contributed by atoms with Crippen molar-refractivity contribution >= 4 is 58.6 Å². The number of rotatable bonds is 4. The van der Waals surface area contributed by atoms with Crippen LogP contribution in [0.5, 0.6) is 0 Å². The Morgan fingerprint density at radius 1 is 0.600 bits per heavy atom. The summed E-state index contributed by atoms with van der Waals surface area (Å²) in [6, 6.07) is 20.4. The first-order valence-corrected chi connectivity index (χ1v) is 8.62. The summed E-state index contributed by atoms with van der Waals surface area (Å²) in [6.45, 7) is 0. The lowest BCUT2D eigenvalue weighted by molar-refractivity contribution is 1.48. The summed E-state index contributed by atoms with van der Waals surface area (Å²) in [7, 11) is 0. The number of aliphatic imine (C=N–C) groups is 2. The lowest BCUT2D eigenvalue weighted by Crippen LogP contribution is -1.80. The highest BCUT2D eigenvalue weighted by Crippen LogP contribution is 2.29. The second-order valence-corrected chi connectivity index (χ2v) is 6.54. The van der Waals surface area contributed by atoms with Gasteiger partial charge in [-0.05, 0) is 53.6 Å². The van der Waals surface area contributed by atoms with E-state index in [0.717, 1.165) is 16.8 Å². The van der Waals surface area contributed by atoms with Crippen molar-refractivity contribution in [2.45, 2.75) is 0 Å². The van der Waals surface area contributed by atoms with Crippen LogP contribution in [0.3, 0.4) is 0 Å². The average molecular weight is 388 g/mol. The summed E-state index contributed by atoms with van der Waals surface area (Å²) in [5, 5.41) is 1.93. The first-order chi connectivity index (χ1) is 12.1. The molecule has 0 unspecified atom stereocenters. The quantitative estimate of drug-likeness (QED) is 0.425. The average Bonchev–Trinajstić information content (AvgIpc) is 2.62. The molecule has 3 aromatic carbocycles. The minimum absolute atomic E-state index is 0.538. The van der Waals surface area contributed by atoms with Gasteiger partial charge in [0.05, 0.1) is 16.4 Å². The minimum atomic E-state index is 0.538. The van der Waals surface area contributed by atoms with E-state index in [9.17, 15) is 0 Å². The van der Waals surface area contributed by atoms with E-state index in [1.54, 1.807) is 18.5 Å². The molecule has 0 fully saturated rings. The van der Waals surface area contributed by atoms with E-state index in [4.69, 9.17) is 34.8 Å². The van der Waals surface area contributed by atoms with Gasteiger partial charge < -0.3 is 0 Å². The van der Waals surface area contributed by atoms with Gasteiger partial charge in [0.25, 0.3) is 0 Å². The Bertz CT molecular complexity index is 915. The van der Waals surface area contributed by atoms with Gasteiger partial charge >= 0.3 is 0 Å². The molecule has 0 heterocycles. The molecule has 0 aliphatic rings. The molecule has 0 saturated heterocycles. The topological polar surface area (TPSA) is 24.7 Å². The molecule has 0 aliphatic heterocycles. The van der Waals surface area contributed by atoms with Crippen LogP contribution in [-0.2, 0) is 0 Å². The zero-order valence-electron chi connectivity index (χ0n) is 13.0. The van der Waals surface area contributed by atoms with Crippen molar-refractivity contribution in [3.05, 3.63) is 92.9 Å². The Morgan fingerprint density at radius 3 is 1.64 bits per heavy atom. The van der Waals surface area contributed by atoms with Crippen LogP contribution in [0.4, 0.5) is 11.4 Å². The van der Waals surface area contributed by atoms with Crippen LogP contribution >= 0.6 is 34.8 Å². The van der Waals surface area contributed by atoms with Gasteiger partial charge in [-0.2, -0.15) is 0 Å². The number of hydrogen-bond donors (Lipinski definition) is 0. The van der Waals surface area contributed by atoms with Gasteiger partial charge in [-0.1, -0.05) is 59.1 Å². The van der Waals surface area contributed by atoms with Crippen LogP contribution in [0.25, 0.3) is 0 Å². The van der Waals surface area contributed by atoms with Gasteiger partial charge in [0.15, 0.2) is 0 Å². The summed E-state index contributed by atoms with van der Waals surface area (Å²) in [5.41, 5.74) is 3.35. The molecule has 0 aromatic heterocycles.